The van der Waals surface area contributed by atoms with E-state index in [1.807, 2.05) is 47.1 Å². The van der Waals surface area contributed by atoms with E-state index in [4.69, 9.17) is 28.6 Å². The fourth-order valence-corrected chi connectivity index (χ4v) is 3.72. The van der Waals surface area contributed by atoms with Crippen molar-refractivity contribution in [1.29, 1.82) is 0 Å². The highest BCUT2D eigenvalue weighted by molar-refractivity contribution is 7.71. The molecule has 1 aliphatic rings. The van der Waals surface area contributed by atoms with E-state index in [2.05, 4.69) is 27.1 Å². The topological polar surface area (TPSA) is 46.1 Å². The molecule has 0 radical (unpaired) electrons. The third-order valence-electron chi connectivity index (χ3n) is 5.00. The van der Waals surface area contributed by atoms with Gasteiger partial charge in [-0.25, -0.2) is 4.68 Å². The highest BCUT2D eigenvalue weighted by Gasteiger charge is 2.20. The van der Waals surface area contributed by atoms with Gasteiger partial charge in [-0.3, -0.25) is 10.00 Å². The molecule has 0 atom stereocenters. The Kier molecular flexibility index (Phi) is 6.22. The number of nitrogens with zero attached hydrogens (tertiary/aromatic N) is 3. The Morgan fingerprint density at radius 3 is 2.50 bits per heavy atom. The first kappa shape index (κ1) is 19.3. The maximum absolute atomic E-state index is 6.08. The quantitative estimate of drug-likeness (QED) is 0.583. The highest BCUT2D eigenvalue weighted by atomic mass is 35.5. The van der Waals surface area contributed by atoms with Crippen LogP contribution in [-0.2, 0) is 18.0 Å². The minimum Gasteiger partial charge on any atom is -0.373 e. The normalized spacial score (nSPS) is 15.8. The average molecular weight is 415 g/mol. The molecule has 1 N–H and O–H groups in total. The molecule has 0 amide bonds. The van der Waals surface area contributed by atoms with Gasteiger partial charge >= 0.3 is 0 Å². The molecule has 4 rings (SSSR count). The molecule has 0 unspecified atom stereocenters. The maximum atomic E-state index is 6.08. The summed E-state index contributed by atoms with van der Waals surface area (Å²) >= 11 is 11.4. The lowest BCUT2D eigenvalue weighted by Gasteiger charge is -2.31. The van der Waals surface area contributed by atoms with Gasteiger partial charge in [0.1, 0.15) is 0 Å². The number of piperidine rings is 1. The Hall–Kier alpha value is -1.99. The number of aromatic amines is 1. The van der Waals surface area contributed by atoms with Gasteiger partial charge < -0.3 is 4.74 Å². The van der Waals surface area contributed by atoms with Crippen molar-refractivity contribution in [3.8, 4) is 11.4 Å². The number of aromatic nitrogens is 3. The number of ether oxygens (including phenoxy) is 1. The van der Waals surface area contributed by atoms with Crippen LogP contribution in [0.3, 0.4) is 0 Å². The lowest BCUT2D eigenvalue weighted by Crippen LogP contribution is -2.38. The third kappa shape index (κ3) is 4.89. The Labute approximate surface area is 174 Å². The van der Waals surface area contributed by atoms with Crippen molar-refractivity contribution in [1.82, 2.24) is 19.7 Å². The molecule has 0 saturated carbocycles. The third-order valence-corrected chi connectivity index (χ3v) is 5.57. The minimum atomic E-state index is 0.316. The van der Waals surface area contributed by atoms with Crippen molar-refractivity contribution >= 4 is 23.8 Å². The number of rotatable bonds is 6. The van der Waals surface area contributed by atoms with Crippen molar-refractivity contribution in [3.63, 3.8) is 0 Å². The van der Waals surface area contributed by atoms with Gasteiger partial charge in [0.2, 0.25) is 4.77 Å². The van der Waals surface area contributed by atoms with Crippen LogP contribution in [0.25, 0.3) is 11.4 Å². The zero-order chi connectivity index (χ0) is 19.3. The summed E-state index contributed by atoms with van der Waals surface area (Å²) in [5.41, 5.74) is 2.20. The van der Waals surface area contributed by atoms with Crippen LogP contribution in [0.15, 0.2) is 54.6 Å². The molecule has 0 bridgehead atoms. The standard InChI is InChI=1S/C21H23ClN4OS/c22-18-8-6-17(7-9-18)20-23-21(28)26(24-20)15-25-12-10-19(11-13-25)27-14-16-4-2-1-3-5-16/h1-9,19H,10-15H2,(H,23,24,28). The highest BCUT2D eigenvalue weighted by Crippen LogP contribution is 2.19. The number of H-pyrrole nitrogens is 1. The molecule has 1 fully saturated rings. The predicted molar refractivity (Wildman–Crippen MR) is 114 cm³/mol. The van der Waals surface area contributed by atoms with E-state index in [1.54, 1.807) is 0 Å². The van der Waals surface area contributed by atoms with Crippen molar-refractivity contribution in [2.75, 3.05) is 13.1 Å². The fraction of sp³-hybridized carbons (Fsp3) is 0.333. The Morgan fingerprint density at radius 1 is 1.07 bits per heavy atom. The molecule has 1 aliphatic heterocycles. The van der Waals surface area contributed by atoms with E-state index in [1.165, 1.54) is 5.56 Å². The van der Waals surface area contributed by atoms with E-state index in [9.17, 15) is 0 Å². The number of hydrogen-bond donors (Lipinski definition) is 1. The van der Waals surface area contributed by atoms with Gasteiger partial charge in [-0.05, 0) is 54.9 Å². The molecule has 7 heteroatoms. The molecular weight excluding hydrogens is 392 g/mol. The van der Waals surface area contributed by atoms with Gasteiger partial charge in [-0.15, -0.1) is 0 Å². The zero-order valence-corrected chi connectivity index (χ0v) is 17.1. The van der Waals surface area contributed by atoms with Crippen LogP contribution in [0.4, 0.5) is 0 Å². The van der Waals surface area contributed by atoms with Crippen molar-refractivity contribution in [2.24, 2.45) is 0 Å². The van der Waals surface area contributed by atoms with Crippen LogP contribution < -0.4 is 0 Å². The van der Waals surface area contributed by atoms with Crippen LogP contribution in [0.2, 0.25) is 5.02 Å². The zero-order valence-electron chi connectivity index (χ0n) is 15.6. The predicted octanol–water partition coefficient (Wildman–Crippen LogP) is 4.90. The molecule has 28 heavy (non-hydrogen) atoms. The van der Waals surface area contributed by atoms with Crippen molar-refractivity contribution in [3.05, 3.63) is 70.0 Å². The SMILES string of the molecule is S=c1nc(-c2ccc(Cl)cc2)[nH]n1CN1CCC(OCc2ccccc2)CC1. The molecule has 5 nitrogen and oxygen atoms in total. The minimum absolute atomic E-state index is 0.316. The number of nitrogens with one attached hydrogen (secondary N) is 1. The summed E-state index contributed by atoms with van der Waals surface area (Å²) in [6, 6.07) is 17.9. The Bertz CT molecular complexity index is 947. The van der Waals surface area contributed by atoms with Gasteiger partial charge in [0, 0.05) is 23.7 Å². The molecule has 1 aromatic heterocycles. The van der Waals surface area contributed by atoms with Crippen LogP contribution in [0, 0.1) is 4.77 Å². The second-order valence-corrected chi connectivity index (χ2v) is 7.85. The van der Waals surface area contributed by atoms with E-state index in [0.29, 0.717) is 29.2 Å². The van der Waals surface area contributed by atoms with E-state index in [-0.39, 0.29) is 0 Å². The Balaban J connectivity index is 1.30. The summed E-state index contributed by atoms with van der Waals surface area (Å²) in [6.07, 6.45) is 2.37. The molecule has 2 heterocycles. The monoisotopic (exact) mass is 414 g/mol. The van der Waals surface area contributed by atoms with E-state index in [0.717, 1.165) is 37.3 Å². The van der Waals surface area contributed by atoms with Crippen molar-refractivity contribution in [2.45, 2.75) is 32.2 Å². The molecule has 0 spiro atoms. The first-order valence-electron chi connectivity index (χ1n) is 9.48. The summed E-state index contributed by atoms with van der Waals surface area (Å²) in [5.74, 6) is 0.766. The molecule has 146 valence electrons. The summed E-state index contributed by atoms with van der Waals surface area (Å²) in [4.78, 5) is 6.86. The first-order valence-corrected chi connectivity index (χ1v) is 10.3. The maximum Gasteiger partial charge on any atom is 0.217 e. The second-order valence-electron chi connectivity index (χ2n) is 7.05. The largest absolute Gasteiger partial charge is 0.373 e. The molecule has 2 aromatic carbocycles. The van der Waals surface area contributed by atoms with Gasteiger partial charge in [0.05, 0.1) is 19.4 Å². The summed E-state index contributed by atoms with van der Waals surface area (Å²) in [6.45, 7) is 3.36. The average Bonchev–Trinajstić information content (AvgIpc) is 3.09. The Morgan fingerprint density at radius 2 is 1.79 bits per heavy atom. The lowest BCUT2D eigenvalue weighted by molar-refractivity contribution is -0.00915. The second kappa shape index (κ2) is 9.01. The number of likely N-dealkylation sites (tertiary alicyclic amines) is 1. The lowest BCUT2D eigenvalue weighted by atomic mass is 10.1. The van der Waals surface area contributed by atoms with Gasteiger partial charge in [0.25, 0.3) is 0 Å². The molecule has 1 saturated heterocycles. The van der Waals surface area contributed by atoms with Crippen LogP contribution >= 0.6 is 23.8 Å². The van der Waals surface area contributed by atoms with Crippen LogP contribution in [0.1, 0.15) is 18.4 Å². The van der Waals surface area contributed by atoms with E-state index >= 15 is 0 Å². The molecule has 0 aliphatic carbocycles. The molecule has 3 aromatic rings. The summed E-state index contributed by atoms with van der Waals surface area (Å²) in [7, 11) is 0. The number of hydrogen-bond acceptors (Lipinski definition) is 4. The van der Waals surface area contributed by atoms with Gasteiger partial charge in [0.15, 0.2) is 5.82 Å². The smallest absolute Gasteiger partial charge is 0.217 e. The van der Waals surface area contributed by atoms with Crippen LogP contribution in [0.5, 0.6) is 0 Å². The number of halogens is 1. The van der Waals surface area contributed by atoms with Gasteiger partial charge in [-0.2, -0.15) is 4.98 Å². The summed E-state index contributed by atoms with van der Waals surface area (Å²) in [5, 5.41) is 4.02. The van der Waals surface area contributed by atoms with E-state index < -0.39 is 0 Å². The molecular formula is C21H23ClN4OS. The number of benzene rings is 2. The summed E-state index contributed by atoms with van der Waals surface area (Å²) < 4.78 is 8.56. The van der Waals surface area contributed by atoms with Crippen LogP contribution in [-0.4, -0.2) is 38.9 Å². The fourth-order valence-electron chi connectivity index (χ4n) is 3.40. The first-order chi connectivity index (χ1) is 13.7. The van der Waals surface area contributed by atoms with Gasteiger partial charge in [-0.1, -0.05) is 41.9 Å². The van der Waals surface area contributed by atoms with Crippen molar-refractivity contribution < 1.29 is 4.74 Å².